The first-order chi connectivity index (χ1) is 9.83. The Labute approximate surface area is 116 Å². The molecule has 0 unspecified atom stereocenters. The Bertz CT molecular complexity index is 562. The lowest BCUT2D eigenvalue weighted by molar-refractivity contribution is -0.128. The topological polar surface area (TPSA) is 80.1 Å². The molecule has 0 bridgehead atoms. The zero-order valence-electron chi connectivity index (χ0n) is 11.1. The molecule has 1 amide bonds. The molecular weight excluding hydrogens is 258 g/mol. The molecule has 106 valence electrons. The van der Waals surface area contributed by atoms with Crippen molar-refractivity contribution in [1.82, 2.24) is 15.5 Å². The Morgan fingerprint density at radius 1 is 1.60 bits per heavy atom. The highest BCUT2D eigenvalue weighted by Crippen LogP contribution is 2.30. The molecule has 2 N–H and O–H groups in total. The Hall–Kier alpha value is -2.08. The number of carbonyl (C=O) groups excluding carboxylic acids is 1. The van der Waals surface area contributed by atoms with Gasteiger partial charge in [0.1, 0.15) is 12.4 Å². The Kier molecular flexibility index (Phi) is 3.83. The number of nitrogens with zero attached hydrogens (tertiary/aromatic N) is 1. The molecule has 0 radical (unpaired) electrons. The monoisotopic (exact) mass is 275 g/mol. The zero-order valence-corrected chi connectivity index (χ0v) is 11.1. The van der Waals surface area contributed by atoms with Gasteiger partial charge in [-0.2, -0.15) is 5.10 Å². The van der Waals surface area contributed by atoms with Crippen LogP contribution in [0.1, 0.15) is 36.0 Å². The minimum Gasteiger partial charge on any atom is -0.467 e. The van der Waals surface area contributed by atoms with Crippen LogP contribution < -0.4 is 5.32 Å². The van der Waals surface area contributed by atoms with E-state index in [0.717, 1.165) is 30.7 Å². The van der Waals surface area contributed by atoms with Crippen LogP contribution in [0.25, 0.3) is 0 Å². The molecule has 2 aromatic heterocycles. The number of amides is 1. The van der Waals surface area contributed by atoms with Crippen LogP contribution in [0.15, 0.2) is 29.0 Å². The van der Waals surface area contributed by atoms with Gasteiger partial charge in [-0.15, -0.1) is 0 Å². The number of hydrogen-bond donors (Lipinski definition) is 2. The number of fused-ring (bicyclic) bond motifs is 1. The third kappa shape index (κ3) is 2.91. The third-order valence-corrected chi connectivity index (χ3v) is 3.44. The summed E-state index contributed by atoms with van der Waals surface area (Å²) in [5.41, 5.74) is 2.20. The summed E-state index contributed by atoms with van der Waals surface area (Å²) in [5, 5.41) is 9.76. The van der Waals surface area contributed by atoms with Gasteiger partial charge in [0.25, 0.3) is 0 Å². The predicted molar refractivity (Wildman–Crippen MR) is 70.8 cm³/mol. The van der Waals surface area contributed by atoms with Crippen LogP contribution in [0.2, 0.25) is 0 Å². The van der Waals surface area contributed by atoms with E-state index in [-0.39, 0.29) is 18.6 Å². The summed E-state index contributed by atoms with van der Waals surface area (Å²) in [4.78, 5) is 11.7. The fraction of sp³-hybridized carbons (Fsp3) is 0.429. The molecule has 20 heavy (non-hydrogen) atoms. The van der Waals surface area contributed by atoms with E-state index >= 15 is 0 Å². The molecule has 0 aliphatic heterocycles. The van der Waals surface area contributed by atoms with E-state index in [0.29, 0.717) is 6.54 Å². The molecule has 2 aromatic rings. The maximum absolute atomic E-state index is 11.7. The van der Waals surface area contributed by atoms with Crippen molar-refractivity contribution in [3.05, 3.63) is 41.6 Å². The second kappa shape index (κ2) is 5.92. The first kappa shape index (κ1) is 12.9. The van der Waals surface area contributed by atoms with Crippen LogP contribution in [0, 0.1) is 0 Å². The summed E-state index contributed by atoms with van der Waals surface area (Å²) in [6, 6.07) is 3.61. The van der Waals surface area contributed by atoms with Crippen LogP contribution in [0.3, 0.4) is 0 Å². The van der Waals surface area contributed by atoms with Crippen molar-refractivity contribution >= 4 is 5.91 Å². The largest absolute Gasteiger partial charge is 0.467 e. The number of furan rings is 1. The predicted octanol–water partition coefficient (Wildman–Crippen LogP) is 1.71. The highest BCUT2D eigenvalue weighted by molar-refractivity contribution is 5.77. The van der Waals surface area contributed by atoms with Crippen LogP contribution in [-0.2, 0) is 22.5 Å². The van der Waals surface area contributed by atoms with E-state index < -0.39 is 0 Å². The number of aromatic nitrogens is 2. The van der Waals surface area contributed by atoms with Gasteiger partial charge >= 0.3 is 0 Å². The van der Waals surface area contributed by atoms with Gasteiger partial charge in [0.2, 0.25) is 5.91 Å². The van der Waals surface area contributed by atoms with Crippen molar-refractivity contribution in [2.75, 3.05) is 6.61 Å². The molecule has 0 saturated carbocycles. The van der Waals surface area contributed by atoms with Crippen molar-refractivity contribution in [3.63, 3.8) is 0 Å². The number of ether oxygens (including phenoxy) is 1. The van der Waals surface area contributed by atoms with E-state index in [2.05, 4.69) is 15.5 Å². The first-order valence-electron chi connectivity index (χ1n) is 6.76. The molecular formula is C14H17N3O3. The second-order valence-electron chi connectivity index (χ2n) is 4.86. The number of aryl methyl sites for hydroxylation is 1. The van der Waals surface area contributed by atoms with Gasteiger partial charge < -0.3 is 14.5 Å². The molecule has 1 atom stereocenters. The molecule has 3 rings (SSSR count). The highest BCUT2D eigenvalue weighted by Gasteiger charge is 2.23. The van der Waals surface area contributed by atoms with Gasteiger partial charge in [-0.1, -0.05) is 0 Å². The maximum Gasteiger partial charge on any atom is 0.246 e. The van der Waals surface area contributed by atoms with E-state index in [1.165, 1.54) is 5.56 Å². The van der Waals surface area contributed by atoms with E-state index in [1.54, 1.807) is 12.3 Å². The molecule has 0 aromatic carbocycles. The van der Waals surface area contributed by atoms with Crippen molar-refractivity contribution in [2.45, 2.75) is 31.9 Å². The van der Waals surface area contributed by atoms with Gasteiger partial charge in [0, 0.05) is 0 Å². The summed E-state index contributed by atoms with van der Waals surface area (Å²) in [6.45, 7) is 0.430. The van der Waals surface area contributed by atoms with Crippen molar-refractivity contribution in [3.8, 4) is 0 Å². The van der Waals surface area contributed by atoms with E-state index in [9.17, 15) is 4.79 Å². The summed E-state index contributed by atoms with van der Waals surface area (Å²) < 4.78 is 10.8. The summed E-state index contributed by atoms with van der Waals surface area (Å²) in [6.07, 6.45) is 6.36. The fourth-order valence-corrected chi connectivity index (χ4v) is 2.41. The number of aromatic amines is 1. The van der Waals surface area contributed by atoms with Crippen molar-refractivity contribution in [1.29, 1.82) is 0 Å². The zero-order chi connectivity index (χ0) is 13.8. The third-order valence-electron chi connectivity index (χ3n) is 3.44. The minimum absolute atomic E-state index is 0.0455. The molecule has 6 heteroatoms. The lowest BCUT2D eigenvalue weighted by atomic mass is 9.96. The Balaban J connectivity index is 1.47. The second-order valence-corrected chi connectivity index (χ2v) is 4.86. The number of nitrogens with one attached hydrogen (secondary N) is 2. The summed E-state index contributed by atoms with van der Waals surface area (Å²) in [5.74, 6) is 0.583. The lowest BCUT2D eigenvalue weighted by Gasteiger charge is -2.21. The average Bonchev–Trinajstić information content (AvgIpc) is 3.13. The van der Waals surface area contributed by atoms with E-state index in [1.807, 2.05) is 12.3 Å². The van der Waals surface area contributed by atoms with Crippen LogP contribution in [0.5, 0.6) is 0 Å². The minimum atomic E-state index is -0.145. The van der Waals surface area contributed by atoms with Gasteiger partial charge in [-0.25, -0.2) is 0 Å². The Morgan fingerprint density at radius 3 is 3.40 bits per heavy atom. The van der Waals surface area contributed by atoms with Crippen LogP contribution in [-0.4, -0.2) is 22.7 Å². The maximum atomic E-state index is 11.7. The number of rotatable bonds is 5. The summed E-state index contributed by atoms with van der Waals surface area (Å²) in [7, 11) is 0. The quantitative estimate of drug-likeness (QED) is 0.870. The smallest absolute Gasteiger partial charge is 0.246 e. The molecule has 1 aliphatic rings. The normalized spacial score (nSPS) is 17.7. The SMILES string of the molecule is O=C(CO[C@H]1CCCc2cn[nH]c21)NCc1ccco1. The molecule has 0 fully saturated rings. The number of carbonyl (C=O) groups is 1. The average molecular weight is 275 g/mol. The number of H-pyrrole nitrogens is 1. The van der Waals surface area contributed by atoms with Crippen molar-refractivity contribution in [2.24, 2.45) is 0 Å². The van der Waals surface area contributed by atoms with Crippen LogP contribution in [0.4, 0.5) is 0 Å². The fourth-order valence-electron chi connectivity index (χ4n) is 2.41. The molecule has 1 aliphatic carbocycles. The molecule has 0 spiro atoms. The summed E-state index contributed by atoms with van der Waals surface area (Å²) >= 11 is 0. The van der Waals surface area contributed by atoms with Gasteiger partial charge in [0.05, 0.1) is 30.8 Å². The highest BCUT2D eigenvalue weighted by atomic mass is 16.5. The lowest BCUT2D eigenvalue weighted by Crippen LogP contribution is -2.28. The molecule has 2 heterocycles. The van der Waals surface area contributed by atoms with E-state index in [4.69, 9.17) is 9.15 Å². The van der Waals surface area contributed by atoms with Crippen LogP contribution >= 0.6 is 0 Å². The molecule has 0 saturated heterocycles. The number of hydrogen-bond acceptors (Lipinski definition) is 4. The standard InChI is InChI=1S/C14H17N3O3/c18-13(15-8-11-4-2-6-19-11)9-20-12-5-1-3-10-7-16-17-14(10)12/h2,4,6-7,12H,1,3,5,8-9H2,(H,15,18)(H,16,17)/t12-/m0/s1. The van der Waals surface area contributed by atoms with Gasteiger partial charge in [-0.3, -0.25) is 9.89 Å². The van der Waals surface area contributed by atoms with Gasteiger partial charge in [-0.05, 0) is 37.0 Å². The molecule has 6 nitrogen and oxygen atoms in total. The van der Waals surface area contributed by atoms with Crippen molar-refractivity contribution < 1.29 is 13.9 Å². The Morgan fingerprint density at radius 2 is 2.55 bits per heavy atom. The first-order valence-corrected chi connectivity index (χ1v) is 6.76. The van der Waals surface area contributed by atoms with Gasteiger partial charge in [0.15, 0.2) is 0 Å².